The first kappa shape index (κ1) is 81.3. The molecule has 0 bridgehead atoms. The average molecular weight is 1520 g/mol. The van der Waals surface area contributed by atoms with Crippen LogP contribution in [0.15, 0.2) is 48.5 Å². The van der Waals surface area contributed by atoms with Crippen LogP contribution in [0.1, 0.15) is 118 Å². The minimum absolute atomic E-state index is 0.250. The van der Waals surface area contributed by atoms with Crippen LogP contribution in [0.2, 0.25) is 207 Å². The van der Waals surface area contributed by atoms with Crippen molar-refractivity contribution >= 4 is 168 Å². The van der Waals surface area contributed by atoms with E-state index in [9.17, 15) is 0 Å². The number of carbonyl (C=O) groups excluding carboxylic acids is 4. The Balaban J connectivity index is 1.18. The molecule has 0 atom stereocenters. The van der Waals surface area contributed by atoms with Crippen molar-refractivity contribution in [3.05, 3.63) is 70.8 Å². The Morgan fingerprint density at radius 3 is 0.625 bits per heavy atom. The van der Waals surface area contributed by atoms with Crippen molar-refractivity contribution in [1.29, 1.82) is 0 Å². The molecule has 96 heavy (non-hydrogen) atoms. The summed E-state index contributed by atoms with van der Waals surface area (Å²) >= 11 is 0. The summed E-state index contributed by atoms with van der Waals surface area (Å²) in [5.41, 5.74) is 2.13. The van der Waals surface area contributed by atoms with Crippen LogP contribution >= 0.6 is 0 Å². The molecule has 0 spiro atoms. The highest BCUT2D eigenvalue weighted by atomic mass is 28.5. The molecule has 26 heteroatoms. The molecule has 0 unspecified atom stereocenters. The van der Waals surface area contributed by atoms with Crippen molar-refractivity contribution in [2.75, 3.05) is 0 Å². The number of benzene rings is 5. The molecule has 2 aliphatic rings. The molecule has 0 aromatic heterocycles. The van der Waals surface area contributed by atoms with E-state index in [1.165, 1.54) is 0 Å². The first-order valence-corrected chi connectivity index (χ1v) is 73.5. The van der Waals surface area contributed by atoms with E-state index in [0.717, 1.165) is 108 Å². The Bertz CT molecular complexity index is 3170. The third-order valence-electron chi connectivity index (χ3n) is 18.0. The Morgan fingerprint density at radius 2 is 0.448 bits per heavy atom. The van der Waals surface area contributed by atoms with E-state index in [1.807, 2.05) is 48.5 Å². The summed E-state index contributed by atoms with van der Waals surface area (Å²) in [5, 5.41) is 6.63. The summed E-state index contributed by atoms with van der Waals surface area (Å²) in [6.07, 6.45) is 10.0. The molecule has 0 saturated carbocycles. The van der Waals surface area contributed by atoms with E-state index in [4.69, 9.17) is 32.9 Å². The van der Waals surface area contributed by atoms with Crippen LogP contribution in [0.25, 0.3) is 43.1 Å². The van der Waals surface area contributed by atoms with Gasteiger partial charge in [-0.1, -0.05) is 75.6 Å². The number of rotatable bonds is 38. The number of hydrogen-bond acceptors (Lipinski definition) is 12. The van der Waals surface area contributed by atoms with Crippen LogP contribution in [-0.4, -0.2) is 146 Å². The molecule has 7 rings (SSSR count). The summed E-state index contributed by atoms with van der Waals surface area (Å²) in [4.78, 5) is 65.0. The third-order valence-corrected chi connectivity index (χ3v) is 58.6. The van der Waals surface area contributed by atoms with Crippen molar-refractivity contribution in [3.63, 3.8) is 0 Å². The number of nitrogens with zero attached hydrogens (tertiary/aromatic N) is 2. The van der Waals surface area contributed by atoms with Gasteiger partial charge in [-0.25, -0.2) is 0 Å². The van der Waals surface area contributed by atoms with Gasteiger partial charge in [-0.3, -0.25) is 29.0 Å². The van der Waals surface area contributed by atoms with Gasteiger partial charge in [-0.15, -0.1) is 0 Å². The first-order chi connectivity index (χ1) is 43.6. The lowest BCUT2D eigenvalue weighted by Gasteiger charge is -2.38. The van der Waals surface area contributed by atoms with Crippen molar-refractivity contribution in [1.82, 2.24) is 9.80 Å². The minimum atomic E-state index is -2.33. The summed E-state index contributed by atoms with van der Waals surface area (Å²) in [5.74, 6) is -0.999. The van der Waals surface area contributed by atoms with Crippen LogP contribution in [0, 0.1) is 0 Å². The number of unbranched alkanes of at least 4 members (excludes halogenated alkanes) is 4. The first-order valence-electron chi connectivity index (χ1n) is 36.2. The second-order valence-corrected chi connectivity index (χ2v) is 87.0. The van der Waals surface area contributed by atoms with Crippen LogP contribution in [0.5, 0.6) is 0 Å². The SMILES string of the molecule is C[Si](C)(C)O[Si](C)(C)O[Si](C)(C)CCCCC(CCCC[Si](C)(C)O[Si](C)(C)O[Si](C)(C)C)N1C(=O)c2ccc3c4ccc5c6c(ccc(c7ccc(c2c37)C1=O)c64)C(=O)N(C(CCCC[Si](C)(C)O[Si](C)(C)O[Si](C)(C)C)CCCC[Si](C)(C)O[Si](C)(C)O[Si](C)(C)C)C5=O. The molecular weight excluding hydrogens is 1400 g/mol. The Kier molecular flexibility index (Phi) is 25.4. The van der Waals surface area contributed by atoms with E-state index in [1.54, 1.807) is 9.80 Å². The van der Waals surface area contributed by atoms with E-state index in [2.05, 4.69) is 183 Å². The Labute approximate surface area is 592 Å². The Morgan fingerprint density at radius 1 is 0.260 bits per heavy atom. The molecule has 5 aromatic rings. The van der Waals surface area contributed by atoms with Crippen molar-refractivity contribution in [2.45, 2.75) is 297 Å². The van der Waals surface area contributed by atoms with Crippen molar-refractivity contribution in [3.8, 4) is 0 Å². The lowest BCUT2D eigenvalue weighted by Crippen LogP contribution is -2.51. The molecule has 14 nitrogen and oxygen atoms in total. The summed E-state index contributed by atoms with van der Waals surface area (Å²) in [6, 6.07) is 19.1. The molecule has 0 saturated heterocycles. The van der Waals surface area contributed by atoms with Gasteiger partial charge >= 0.3 is 34.2 Å². The third kappa shape index (κ3) is 22.0. The standard InChI is InChI=1S/C70H126N2O12Si12/c1-85(2,3)77-93(21,22)81-89(13,14)49-33-29-37-53(38-30-34-50-90(15,16)82-94(23,24)78-86(4,5)6)71-67(73)59-45-41-55-57-43-47-61-66-62(48-44-58(64(57)66)56-42-46-60(68(71)74)65(59)63(55)56)70(76)72(69(61)75)54(39-31-35-51-91(17,18)83-95(25,26)79-87(7,8)9)40-32-36-52-92(19,20)84-96(27,28)80-88(10,11)12/h41-48,53-54H,29-40,49-52H2,1-28H3. The van der Waals surface area contributed by atoms with Crippen LogP contribution in [-0.2, 0) is 32.9 Å². The van der Waals surface area contributed by atoms with Crippen molar-refractivity contribution < 1.29 is 52.1 Å². The zero-order valence-electron chi connectivity index (χ0n) is 64.9. The summed E-state index contributed by atoms with van der Waals surface area (Å²) < 4.78 is 54.2. The topological polar surface area (TPSA) is 149 Å². The molecule has 0 fully saturated rings. The van der Waals surface area contributed by atoms with Gasteiger partial charge in [0.05, 0.1) is 0 Å². The lowest BCUT2D eigenvalue weighted by molar-refractivity contribution is 0.0502. The maximum Gasteiger partial charge on any atom is 0.311 e. The molecule has 2 heterocycles. The number of imide groups is 2. The number of fused-ring (bicyclic) bond motifs is 2. The van der Waals surface area contributed by atoms with Crippen LogP contribution < -0.4 is 0 Å². The summed E-state index contributed by atoms with van der Waals surface area (Å²) in [6.45, 7) is 62.5. The maximum absolute atomic E-state index is 15.5. The van der Waals surface area contributed by atoms with Gasteiger partial charge in [-0.2, -0.15) is 0 Å². The fraction of sp³-hybridized carbons (Fsp3) is 0.657. The number of carbonyl (C=O) groups is 4. The largest absolute Gasteiger partial charge is 0.437 e. The monoisotopic (exact) mass is 1520 g/mol. The van der Waals surface area contributed by atoms with Gasteiger partial charge < -0.3 is 32.9 Å². The average Bonchev–Trinajstić information content (AvgIpc) is 0.691. The second-order valence-electron chi connectivity index (χ2n) is 36.3. The molecule has 2 aliphatic heterocycles. The second kappa shape index (κ2) is 30.0. The van der Waals surface area contributed by atoms with Crippen LogP contribution in [0.4, 0.5) is 0 Å². The highest BCUT2D eigenvalue weighted by molar-refractivity contribution is 6.90. The van der Waals surface area contributed by atoms with E-state index in [0.29, 0.717) is 58.7 Å². The van der Waals surface area contributed by atoms with Gasteiger partial charge in [0, 0.05) is 45.1 Å². The van der Waals surface area contributed by atoms with E-state index >= 15 is 19.2 Å². The summed E-state index contributed by atoms with van der Waals surface area (Å²) in [7, 11) is -24.9. The van der Waals surface area contributed by atoms with E-state index < -0.39 is 101 Å². The van der Waals surface area contributed by atoms with Crippen molar-refractivity contribution in [2.24, 2.45) is 0 Å². The Hall–Kier alpha value is -2.04. The van der Waals surface area contributed by atoms with Gasteiger partial charge in [0.25, 0.3) is 23.6 Å². The van der Waals surface area contributed by atoms with Gasteiger partial charge in [0.2, 0.25) is 0 Å². The highest BCUT2D eigenvalue weighted by Crippen LogP contribution is 2.48. The minimum Gasteiger partial charge on any atom is -0.437 e. The molecule has 0 aliphatic carbocycles. The van der Waals surface area contributed by atoms with Gasteiger partial charge in [0.1, 0.15) is 0 Å². The molecule has 5 aromatic carbocycles. The number of hydrogen-bond donors (Lipinski definition) is 0. The zero-order chi connectivity index (χ0) is 72.2. The fourth-order valence-corrected chi connectivity index (χ4v) is 69.5. The quantitative estimate of drug-likeness (QED) is 0.0122. The molecule has 0 N–H and O–H groups in total. The number of amides is 4. The smallest absolute Gasteiger partial charge is 0.311 e. The molecule has 4 amide bonds. The molecule has 536 valence electrons. The highest BCUT2D eigenvalue weighted by Gasteiger charge is 2.45. The zero-order valence-corrected chi connectivity index (χ0v) is 76.9. The lowest BCUT2D eigenvalue weighted by atomic mass is 9.81. The predicted molar refractivity (Wildman–Crippen MR) is 433 cm³/mol. The predicted octanol–water partition coefficient (Wildman–Crippen LogP) is 21.4. The maximum atomic E-state index is 15.5. The van der Waals surface area contributed by atoms with Gasteiger partial charge in [-0.05, 0) is 290 Å². The van der Waals surface area contributed by atoms with E-state index in [-0.39, 0.29) is 35.7 Å². The van der Waals surface area contributed by atoms with Crippen LogP contribution in [0.3, 0.4) is 0 Å². The fourth-order valence-electron chi connectivity index (χ4n) is 16.4. The normalized spacial score (nSPS) is 15.7. The van der Waals surface area contributed by atoms with Gasteiger partial charge in [0.15, 0.2) is 66.5 Å². The molecule has 0 radical (unpaired) electrons. The molecular formula is C70H126N2O12Si12.